The summed E-state index contributed by atoms with van der Waals surface area (Å²) in [5, 5.41) is 15.6. The number of benzene rings is 2. The summed E-state index contributed by atoms with van der Waals surface area (Å²) in [4.78, 5) is 8.93. The number of nitrogens with zero attached hydrogens (tertiary/aromatic N) is 3. The van der Waals surface area contributed by atoms with Gasteiger partial charge in [0.15, 0.2) is 6.10 Å². The van der Waals surface area contributed by atoms with Gasteiger partial charge in [-0.3, -0.25) is 0 Å². The Morgan fingerprint density at radius 1 is 1.18 bits per heavy atom. The summed E-state index contributed by atoms with van der Waals surface area (Å²) in [6.07, 6.45) is 3.74. The number of alkyl halides is 2. The fourth-order valence-electron chi connectivity index (χ4n) is 4.75. The molecule has 1 saturated heterocycles. The fourth-order valence-corrected chi connectivity index (χ4v) is 4.75. The lowest BCUT2D eigenvalue weighted by molar-refractivity contribution is -0.109. The van der Waals surface area contributed by atoms with Gasteiger partial charge in [0, 0.05) is 29.9 Å². The molecule has 1 aliphatic rings. The first-order valence-electron chi connectivity index (χ1n) is 13.0. The third-order valence-corrected chi connectivity index (χ3v) is 6.80. The van der Waals surface area contributed by atoms with Crippen LogP contribution >= 0.6 is 0 Å². The van der Waals surface area contributed by atoms with E-state index in [2.05, 4.69) is 46.6 Å². The predicted molar refractivity (Wildman–Crippen MR) is 143 cm³/mol. The summed E-state index contributed by atoms with van der Waals surface area (Å²) in [5.74, 6) is -1.24. The molecule has 7 nitrogen and oxygen atoms in total. The Balaban J connectivity index is 1.54. The van der Waals surface area contributed by atoms with Crippen LogP contribution in [0.25, 0.3) is 11.3 Å². The second-order valence-corrected chi connectivity index (χ2v) is 9.40. The quantitative estimate of drug-likeness (QED) is 0.317. The molecule has 2 atom stereocenters. The van der Waals surface area contributed by atoms with Gasteiger partial charge in [-0.25, -0.2) is 18.7 Å². The maximum Gasteiger partial charge on any atom is 0.296 e. The molecule has 2 N–H and O–H groups in total. The highest BCUT2D eigenvalue weighted by Gasteiger charge is 2.43. The number of hydrogen-bond donors (Lipinski definition) is 2. The van der Waals surface area contributed by atoms with E-state index in [1.165, 1.54) is 5.56 Å². The lowest BCUT2D eigenvalue weighted by atomic mass is 9.91. The highest BCUT2D eigenvalue weighted by molar-refractivity contribution is 5.66. The standard InChI is InChI=1S/C29H33F2N5O2/c1-4-6-19(5-2)23-9-8-22(16-26(23)37-3)35-28-34-14-11-24(36-28)20-7-10-25(21(15-20)17-32)38-27-12-13-33-18-29(27,30)31/h7-11,14-16,19,27,33H,4-6,12-13,18H2,1-3H3,(H,34,35,36). The first-order chi connectivity index (χ1) is 18.4. The second kappa shape index (κ2) is 12.2. The molecule has 2 unspecified atom stereocenters. The number of nitrogens with one attached hydrogen (secondary N) is 2. The van der Waals surface area contributed by atoms with Crippen LogP contribution in [0, 0.1) is 11.3 Å². The number of methoxy groups -OCH3 is 1. The van der Waals surface area contributed by atoms with E-state index >= 15 is 0 Å². The van der Waals surface area contributed by atoms with E-state index in [4.69, 9.17) is 9.47 Å². The van der Waals surface area contributed by atoms with Crippen molar-refractivity contribution < 1.29 is 18.3 Å². The van der Waals surface area contributed by atoms with Crippen molar-refractivity contribution in [1.82, 2.24) is 15.3 Å². The highest BCUT2D eigenvalue weighted by atomic mass is 19.3. The molecular weight excluding hydrogens is 488 g/mol. The number of anilines is 2. The number of aromatic nitrogens is 2. The van der Waals surface area contributed by atoms with Crippen LogP contribution in [0.1, 0.15) is 56.6 Å². The molecule has 4 rings (SSSR count). The Kier molecular flexibility index (Phi) is 8.74. The van der Waals surface area contributed by atoms with E-state index in [1.54, 1.807) is 37.6 Å². The molecule has 38 heavy (non-hydrogen) atoms. The maximum absolute atomic E-state index is 14.2. The average Bonchev–Trinajstić information content (AvgIpc) is 2.93. The molecule has 0 aliphatic carbocycles. The number of piperidine rings is 1. The molecule has 200 valence electrons. The lowest BCUT2D eigenvalue weighted by Crippen LogP contribution is -2.52. The van der Waals surface area contributed by atoms with Gasteiger partial charge in [0.05, 0.1) is 24.9 Å². The van der Waals surface area contributed by atoms with Gasteiger partial charge in [0.1, 0.15) is 17.6 Å². The fraction of sp³-hybridized carbons (Fsp3) is 0.414. The summed E-state index contributed by atoms with van der Waals surface area (Å²) < 4.78 is 39.7. The Morgan fingerprint density at radius 3 is 2.74 bits per heavy atom. The third kappa shape index (κ3) is 6.20. The molecule has 2 aromatic carbocycles. The van der Waals surface area contributed by atoms with Crippen LogP contribution in [0.2, 0.25) is 0 Å². The number of nitriles is 1. The highest BCUT2D eigenvalue weighted by Crippen LogP contribution is 2.35. The van der Waals surface area contributed by atoms with Crippen LogP contribution in [0.15, 0.2) is 48.7 Å². The van der Waals surface area contributed by atoms with Gasteiger partial charge in [-0.1, -0.05) is 26.3 Å². The Morgan fingerprint density at radius 2 is 2.03 bits per heavy atom. The predicted octanol–water partition coefficient (Wildman–Crippen LogP) is 6.44. The Labute approximate surface area is 222 Å². The summed E-state index contributed by atoms with van der Waals surface area (Å²) >= 11 is 0. The summed E-state index contributed by atoms with van der Waals surface area (Å²) in [5.41, 5.74) is 3.37. The SMILES string of the molecule is CCCC(CC)c1ccc(Nc2nccc(-c3ccc(OC4CCNCC4(F)F)c(C#N)c3)n2)cc1OC. The van der Waals surface area contributed by atoms with Gasteiger partial charge < -0.3 is 20.1 Å². The summed E-state index contributed by atoms with van der Waals surface area (Å²) in [6, 6.07) is 14.6. The molecule has 0 spiro atoms. The van der Waals surface area contributed by atoms with Crippen LogP contribution in [-0.4, -0.2) is 42.2 Å². The minimum Gasteiger partial charge on any atom is -0.496 e. The molecule has 0 bridgehead atoms. The molecule has 3 aromatic rings. The van der Waals surface area contributed by atoms with Gasteiger partial charge in [-0.15, -0.1) is 0 Å². The minimum absolute atomic E-state index is 0.135. The summed E-state index contributed by atoms with van der Waals surface area (Å²) in [6.45, 7) is 4.36. The molecular formula is C29H33F2N5O2. The van der Waals surface area contributed by atoms with Crippen molar-refractivity contribution >= 4 is 11.6 Å². The molecule has 1 fully saturated rings. The van der Waals surface area contributed by atoms with E-state index in [0.717, 1.165) is 30.7 Å². The van der Waals surface area contributed by atoms with E-state index in [9.17, 15) is 14.0 Å². The molecule has 0 radical (unpaired) electrons. The van der Waals surface area contributed by atoms with Crippen LogP contribution in [0.5, 0.6) is 11.5 Å². The zero-order valence-electron chi connectivity index (χ0n) is 21.9. The van der Waals surface area contributed by atoms with Gasteiger partial charge >= 0.3 is 0 Å². The van der Waals surface area contributed by atoms with E-state index in [0.29, 0.717) is 29.7 Å². The summed E-state index contributed by atoms with van der Waals surface area (Å²) in [7, 11) is 1.67. The van der Waals surface area contributed by atoms with Crippen molar-refractivity contribution in [3.8, 4) is 28.8 Å². The number of ether oxygens (including phenoxy) is 2. The molecule has 0 amide bonds. The first kappa shape index (κ1) is 27.3. The van der Waals surface area contributed by atoms with Gasteiger partial charge in [0.2, 0.25) is 5.95 Å². The van der Waals surface area contributed by atoms with Crippen LogP contribution in [0.4, 0.5) is 20.4 Å². The first-order valence-corrected chi connectivity index (χ1v) is 13.0. The molecule has 9 heteroatoms. The normalized spacial score (nSPS) is 17.3. The van der Waals surface area contributed by atoms with Crippen molar-refractivity contribution in [3.63, 3.8) is 0 Å². The molecule has 2 heterocycles. The lowest BCUT2D eigenvalue weighted by Gasteiger charge is -2.32. The van der Waals surface area contributed by atoms with Crippen LogP contribution in [-0.2, 0) is 0 Å². The number of hydrogen-bond acceptors (Lipinski definition) is 7. The largest absolute Gasteiger partial charge is 0.496 e. The zero-order chi connectivity index (χ0) is 27.1. The van der Waals surface area contributed by atoms with Gasteiger partial charge in [-0.2, -0.15) is 5.26 Å². The van der Waals surface area contributed by atoms with Gasteiger partial charge in [0.25, 0.3) is 5.92 Å². The van der Waals surface area contributed by atoms with Crippen LogP contribution < -0.4 is 20.1 Å². The smallest absolute Gasteiger partial charge is 0.296 e. The second-order valence-electron chi connectivity index (χ2n) is 9.40. The monoisotopic (exact) mass is 521 g/mol. The maximum atomic E-state index is 14.2. The third-order valence-electron chi connectivity index (χ3n) is 6.80. The average molecular weight is 522 g/mol. The number of rotatable bonds is 10. The van der Waals surface area contributed by atoms with E-state index in [-0.39, 0.29) is 17.7 Å². The number of halogens is 2. The van der Waals surface area contributed by atoms with Crippen molar-refractivity contribution in [2.75, 3.05) is 25.5 Å². The Bertz CT molecular complexity index is 1290. The minimum atomic E-state index is -3.01. The topological polar surface area (TPSA) is 92.1 Å². The van der Waals surface area contributed by atoms with Crippen molar-refractivity contribution in [1.29, 1.82) is 5.26 Å². The van der Waals surface area contributed by atoms with Crippen molar-refractivity contribution in [3.05, 3.63) is 59.8 Å². The van der Waals surface area contributed by atoms with Crippen molar-refractivity contribution in [2.45, 2.75) is 57.5 Å². The van der Waals surface area contributed by atoms with E-state index < -0.39 is 18.6 Å². The van der Waals surface area contributed by atoms with Gasteiger partial charge in [-0.05, 0) is 61.2 Å². The Hall–Kier alpha value is -3.77. The molecule has 1 aliphatic heterocycles. The molecule has 1 aromatic heterocycles. The zero-order valence-corrected chi connectivity index (χ0v) is 21.9. The van der Waals surface area contributed by atoms with E-state index in [1.807, 2.05) is 12.1 Å². The van der Waals surface area contributed by atoms with Crippen molar-refractivity contribution in [2.24, 2.45) is 0 Å². The van der Waals surface area contributed by atoms with Crippen LogP contribution in [0.3, 0.4) is 0 Å². The molecule has 0 saturated carbocycles.